The minimum Gasteiger partial charge on any atom is -0.370 e. The highest BCUT2D eigenvalue weighted by Gasteiger charge is 2.06. The fourth-order valence-corrected chi connectivity index (χ4v) is 2.22. The summed E-state index contributed by atoms with van der Waals surface area (Å²) in [5, 5.41) is 12.3. The van der Waals surface area contributed by atoms with Crippen LogP contribution in [0.1, 0.15) is 13.8 Å². The van der Waals surface area contributed by atoms with Gasteiger partial charge in [0.15, 0.2) is 5.96 Å². The number of hydrogen-bond acceptors (Lipinski definition) is 5. The van der Waals surface area contributed by atoms with Gasteiger partial charge in [-0.1, -0.05) is 23.5 Å². The number of nitrogens with two attached hydrogens (primary N) is 2. The van der Waals surface area contributed by atoms with Crippen molar-refractivity contribution in [3.8, 4) is 10.6 Å². The molecule has 0 bridgehead atoms. The summed E-state index contributed by atoms with van der Waals surface area (Å²) in [5.41, 5.74) is 12.5. The molecule has 1 heterocycles. The summed E-state index contributed by atoms with van der Waals surface area (Å²) >= 11 is 1.32. The molecule has 0 spiro atoms. The van der Waals surface area contributed by atoms with Gasteiger partial charge in [0.1, 0.15) is 5.01 Å². The lowest BCUT2D eigenvalue weighted by Gasteiger charge is -2.02. The number of aromatic nitrogens is 2. The second-order valence-corrected chi connectivity index (χ2v) is 5.48. The van der Waals surface area contributed by atoms with Crippen LogP contribution in [0.3, 0.4) is 0 Å². The van der Waals surface area contributed by atoms with Crippen molar-refractivity contribution in [1.29, 1.82) is 0 Å². The Bertz CT molecular complexity index is 656. The van der Waals surface area contributed by atoms with Crippen LogP contribution in [0.25, 0.3) is 10.6 Å². The molecule has 2 rings (SSSR count). The Morgan fingerprint density at radius 3 is 2.86 bits per heavy atom. The Balaban J connectivity index is 2.17. The van der Waals surface area contributed by atoms with Crippen molar-refractivity contribution in [2.45, 2.75) is 19.9 Å². The van der Waals surface area contributed by atoms with Gasteiger partial charge in [0.2, 0.25) is 5.13 Å². The molecule has 7 nitrogen and oxygen atoms in total. The van der Waals surface area contributed by atoms with E-state index in [9.17, 15) is 0 Å². The lowest BCUT2D eigenvalue weighted by atomic mass is 10.2. The molecule has 0 aliphatic carbocycles. The maximum Gasteiger partial charge on any atom is 0.235 e. The van der Waals surface area contributed by atoms with Crippen LogP contribution in [0, 0.1) is 0 Å². The summed E-state index contributed by atoms with van der Waals surface area (Å²) in [7, 11) is 0. The molecule has 8 heteroatoms. The summed E-state index contributed by atoms with van der Waals surface area (Å²) in [4.78, 5) is 8.13. The van der Waals surface area contributed by atoms with Crippen LogP contribution < -0.4 is 16.8 Å². The Hall–Kier alpha value is -2.48. The Labute approximate surface area is 126 Å². The molecule has 0 fully saturated rings. The summed E-state index contributed by atoms with van der Waals surface area (Å²) in [6.45, 7) is 4.03. The zero-order chi connectivity index (χ0) is 15.2. The first kappa shape index (κ1) is 14.9. The largest absolute Gasteiger partial charge is 0.370 e. The van der Waals surface area contributed by atoms with E-state index in [0.717, 1.165) is 16.3 Å². The smallest absolute Gasteiger partial charge is 0.235 e. The number of anilines is 1. The van der Waals surface area contributed by atoms with Gasteiger partial charge in [0.05, 0.1) is 6.34 Å². The zero-order valence-electron chi connectivity index (χ0n) is 11.8. The molecule has 0 atom stereocenters. The third kappa shape index (κ3) is 4.53. The number of nitrogens with one attached hydrogen (secondary N) is 1. The van der Waals surface area contributed by atoms with E-state index in [2.05, 4.69) is 25.5 Å². The van der Waals surface area contributed by atoms with Crippen molar-refractivity contribution in [2.24, 2.45) is 21.5 Å². The molecule has 0 saturated heterocycles. The van der Waals surface area contributed by atoms with Gasteiger partial charge >= 0.3 is 0 Å². The van der Waals surface area contributed by atoms with Crippen LogP contribution in [0.2, 0.25) is 0 Å². The molecule has 1 aromatic carbocycles. The molecular formula is C13H17N7S. The highest BCUT2D eigenvalue weighted by Crippen LogP contribution is 2.29. The molecule has 0 aliphatic rings. The Morgan fingerprint density at radius 1 is 1.33 bits per heavy atom. The van der Waals surface area contributed by atoms with Crippen LogP contribution in [0.4, 0.5) is 10.8 Å². The van der Waals surface area contributed by atoms with Crippen molar-refractivity contribution in [1.82, 2.24) is 10.2 Å². The van der Waals surface area contributed by atoms with Gasteiger partial charge in [0.25, 0.3) is 0 Å². The topological polar surface area (TPSA) is 115 Å². The minimum atomic E-state index is -0.0296. The number of hydrogen-bond donors (Lipinski definition) is 3. The average Bonchev–Trinajstić information content (AvgIpc) is 2.86. The lowest BCUT2D eigenvalue weighted by Crippen LogP contribution is -2.21. The molecule has 0 unspecified atom stereocenters. The van der Waals surface area contributed by atoms with Crippen molar-refractivity contribution in [3.63, 3.8) is 0 Å². The molecule has 2 aromatic rings. The van der Waals surface area contributed by atoms with Crippen LogP contribution in [0.5, 0.6) is 0 Å². The van der Waals surface area contributed by atoms with E-state index < -0.39 is 0 Å². The quantitative estimate of drug-likeness (QED) is 0.577. The second kappa shape index (κ2) is 6.80. The first-order chi connectivity index (χ1) is 10.0. The van der Waals surface area contributed by atoms with E-state index in [1.54, 1.807) is 6.34 Å². The molecule has 0 radical (unpaired) electrons. The monoisotopic (exact) mass is 303 g/mol. The fourth-order valence-electron chi connectivity index (χ4n) is 1.49. The predicted molar refractivity (Wildman–Crippen MR) is 88.1 cm³/mol. The average molecular weight is 303 g/mol. The van der Waals surface area contributed by atoms with Gasteiger partial charge in [-0.15, -0.1) is 10.2 Å². The van der Waals surface area contributed by atoms with Crippen LogP contribution >= 0.6 is 11.3 Å². The van der Waals surface area contributed by atoms with Crippen molar-refractivity contribution >= 4 is 34.5 Å². The molecule has 1 aromatic heterocycles. The van der Waals surface area contributed by atoms with E-state index in [4.69, 9.17) is 11.5 Å². The van der Waals surface area contributed by atoms with Crippen LogP contribution in [0.15, 0.2) is 34.3 Å². The van der Waals surface area contributed by atoms with Crippen LogP contribution in [-0.4, -0.2) is 28.5 Å². The summed E-state index contributed by atoms with van der Waals surface area (Å²) in [5.74, 6) is -0.0296. The zero-order valence-corrected chi connectivity index (χ0v) is 12.6. The molecule has 110 valence electrons. The van der Waals surface area contributed by atoms with Crippen molar-refractivity contribution < 1.29 is 0 Å². The number of benzene rings is 1. The summed E-state index contributed by atoms with van der Waals surface area (Å²) in [6, 6.07) is 8.05. The fraction of sp³-hybridized carbons (Fsp3) is 0.231. The van der Waals surface area contributed by atoms with Gasteiger partial charge in [-0.25, -0.2) is 0 Å². The van der Waals surface area contributed by atoms with E-state index in [0.29, 0.717) is 5.13 Å². The summed E-state index contributed by atoms with van der Waals surface area (Å²) < 4.78 is 0. The van der Waals surface area contributed by atoms with Crippen molar-refractivity contribution in [2.75, 3.05) is 5.32 Å². The molecule has 0 amide bonds. The predicted octanol–water partition coefficient (Wildman–Crippen LogP) is 1.96. The number of guanidine groups is 1. The molecule has 5 N–H and O–H groups in total. The molecular weight excluding hydrogens is 286 g/mol. The highest BCUT2D eigenvalue weighted by molar-refractivity contribution is 7.18. The number of rotatable bonds is 5. The van der Waals surface area contributed by atoms with Crippen molar-refractivity contribution in [3.05, 3.63) is 24.3 Å². The second-order valence-electron chi connectivity index (χ2n) is 4.52. The van der Waals surface area contributed by atoms with Gasteiger partial charge in [0, 0.05) is 17.3 Å². The highest BCUT2D eigenvalue weighted by atomic mass is 32.1. The molecule has 0 saturated carbocycles. The summed E-state index contributed by atoms with van der Waals surface area (Å²) in [6.07, 6.45) is 1.69. The first-order valence-corrected chi connectivity index (χ1v) is 7.18. The van der Waals surface area contributed by atoms with E-state index in [1.807, 2.05) is 38.1 Å². The third-order valence-electron chi connectivity index (χ3n) is 2.35. The molecule has 21 heavy (non-hydrogen) atoms. The maximum absolute atomic E-state index is 5.32. The number of nitrogens with zero attached hydrogens (tertiary/aromatic N) is 4. The standard InChI is InChI=1S/C13H17N7S/c1-8(2)16-7-17-10-5-3-4-9(6-10)11-19-20-13(21-11)18-12(14)15/h3-8H,1-2H3,(H,16,17)(H4,14,15,18,20). The molecule has 0 aliphatic heterocycles. The third-order valence-corrected chi connectivity index (χ3v) is 3.22. The van der Waals surface area contributed by atoms with Gasteiger partial charge in [-0.3, -0.25) is 4.99 Å². The van der Waals surface area contributed by atoms with E-state index in [-0.39, 0.29) is 12.0 Å². The lowest BCUT2D eigenvalue weighted by molar-refractivity contribution is 0.840. The van der Waals surface area contributed by atoms with Crippen LogP contribution in [-0.2, 0) is 0 Å². The minimum absolute atomic E-state index is 0.0296. The first-order valence-electron chi connectivity index (χ1n) is 6.36. The SMILES string of the molecule is CC(C)N=CNc1cccc(-c2nnc(N=C(N)N)s2)c1. The Kier molecular flexibility index (Phi) is 4.83. The Morgan fingerprint density at radius 2 is 2.14 bits per heavy atom. The van der Waals surface area contributed by atoms with Gasteiger partial charge in [-0.2, -0.15) is 4.99 Å². The van der Waals surface area contributed by atoms with Gasteiger partial charge in [-0.05, 0) is 26.0 Å². The maximum atomic E-state index is 5.32. The van der Waals surface area contributed by atoms with Gasteiger partial charge < -0.3 is 16.8 Å². The van der Waals surface area contributed by atoms with E-state index in [1.165, 1.54) is 11.3 Å². The number of aliphatic imine (C=N–C) groups is 2. The van der Waals surface area contributed by atoms with E-state index >= 15 is 0 Å². The normalized spacial score (nSPS) is 11.0.